The summed E-state index contributed by atoms with van der Waals surface area (Å²) in [5, 5.41) is 0. The summed E-state index contributed by atoms with van der Waals surface area (Å²) in [6.07, 6.45) is 1.19. The summed E-state index contributed by atoms with van der Waals surface area (Å²) >= 11 is 0. The van der Waals surface area contributed by atoms with Crippen molar-refractivity contribution < 1.29 is 22.7 Å². The Bertz CT molecular complexity index is 1110. The van der Waals surface area contributed by atoms with Crippen LogP contribution < -0.4 is 19.1 Å². The van der Waals surface area contributed by atoms with Crippen molar-refractivity contribution >= 4 is 21.6 Å². The molecule has 0 aliphatic carbocycles. The highest BCUT2D eigenvalue weighted by Crippen LogP contribution is 2.35. The van der Waals surface area contributed by atoms with Gasteiger partial charge in [0.15, 0.2) is 0 Å². The lowest BCUT2D eigenvalue weighted by Gasteiger charge is -2.22. The quantitative estimate of drug-likeness (QED) is 0.635. The molecular formula is C24H32N2O5S. The Kier molecular flexibility index (Phi) is 7.15. The van der Waals surface area contributed by atoms with Crippen molar-refractivity contribution in [2.75, 3.05) is 25.7 Å². The van der Waals surface area contributed by atoms with Gasteiger partial charge in [0, 0.05) is 19.0 Å². The first kappa shape index (κ1) is 24.1. The molecule has 174 valence electrons. The first-order valence-electron chi connectivity index (χ1n) is 10.8. The molecule has 7 nitrogen and oxygen atoms in total. The van der Waals surface area contributed by atoms with Crippen LogP contribution >= 0.6 is 0 Å². The third-order valence-corrected chi connectivity index (χ3v) is 7.40. The lowest BCUT2D eigenvalue weighted by Crippen LogP contribution is -2.28. The minimum Gasteiger partial charge on any atom is -0.496 e. The van der Waals surface area contributed by atoms with E-state index in [0.717, 1.165) is 28.9 Å². The molecule has 2 aromatic carbocycles. The van der Waals surface area contributed by atoms with Crippen LogP contribution in [0.2, 0.25) is 0 Å². The molecule has 1 fully saturated rings. The van der Waals surface area contributed by atoms with Gasteiger partial charge in [-0.2, -0.15) is 0 Å². The first-order valence-corrected chi connectivity index (χ1v) is 12.3. The lowest BCUT2D eigenvalue weighted by atomic mass is 9.94. The molecule has 0 aromatic heterocycles. The number of carbonyl (C=O) groups excluding carboxylic acids is 1. The van der Waals surface area contributed by atoms with Gasteiger partial charge in [0.2, 0.25) is 15.9 Å². The van der Waals surface area contributed by atoms with E-state index in [2.05, 4.69) is 18.6 Å². The van der Waals surface area contributed by atoms with Crippen LogP contribution in [0, 0.1) is 6.92 Å². The van der Waals surface area contributed by atoms with E-state index in [9.17, 15) is 13.2 Å². The number of sulfonamides is 1. The van der Waals surface area contributed by atoms with Crippen LogP contribution in [0.4, 0.5) is 5.69 Å². The highest BCUT2D eigenvalue weighted by molar-refractivity contribution is 7.89. The normalized spacial score (nSPS) is 15.3. The summed E-state index contributed by atoms with van der Waals surface area (Å²) in [6, 6.07) is 8.10. The second kappa shape index (κ2) is 9.50. The third-order valence-electron chi connectivity index (χ3n) is 5.86. The minimum absolute atomic E-state index is 0.0331. The number of nitrogens with one attached hydrogen (secondary N) is 1. The molecule has 0 spiro atoms. The van der Waals surface area contributed by atoms with E-state index in [0.29, 0.717) is 24.4 Å². The van der Waals surface area contributed by atoms with Gasteiger partial charge in [-0.1, -0.05) is 13.8 Å². The summed E-state index contributed by atoms with van der Waals surface area (Å²) < 4.78 is 40.1. The SMILES string of the molecule is COc1cc(C)c(C(C)NS(=O)(=O)c2ccc(OC)c(N3CCCC3=O)c2)cc1C(C)C. The molecule has 1 aliphatic heterocycles. The zero-order chi connectivity index (χ0) is 23.6. The van der Waals surface area contributed by atoms with Gasteiger partial charge in [0.25, 0.3) is 0 Å². The van der Waals surface area contributed by atoms with Crippen LogP contribution in [0.1, 0.15) is 62.3 Å². The number of amides is 1. The average Bonchev–Trinajstić information content (AvgIpc) is 3.17. The van der Waals surface area contributed by atoms with Crippen LogP contribution in [0.25, 0.3) is 0 Å². The standard InChI is InChI=1S/C24H32N2O5S/c1-15(2)19-14-20(16(3)12-23(19)31-6)17(4)25-32(28,29)18-9-10-22(30-5)21(13-18)26-11-7-8-24(26)27/h9-10,12-15,17,25H,7-8,11H2,1-6H3. The van der Waals surface area contributed by atoms with Crippen LogP contribution in [-0.4, -0.2) is 35.1 Å². The van der Waals surface area contributed by atoms with Crippen molar-refractivity contribution in [2.24, 2.45) is 0 Å². The minimum atomic E-state index is -3.84. The van der Waals surface area contributed by atoms with Crippen molar-refractivity contribution in [1.82, 2.24) is 4.72 Å². The first-order chi connectivity index (χ1) is 15.1. The number of hydrogen-bond donors (Lipinski definition) is 1. The largest absolute Gasteiger partial charge is 0.496 e. The van der Waals surface area contributed by atoms with E-state index < -0.39 is 16.1 Å². The predicted molar refractivity (Wildman–Crippen MR) is 125 cm³/mol. The summed E-state index contributed by atoms with van der Waals surface area (Å²) in [7, 11) is -0.698. The zero-order valence-electron chi connectivity index (χ0n) is 19.6. The number of methoxy groups -OCH3 is 2. The molecule has 0 bridgehead atoms. The van der Waals surface area contributed by atoms with Crippen LogP contribution in [-0.2, 0) is 14.8 Å². The topological polar surface area (TPSA) is 84.9 Å². The Balaban J connectivity index is 1.94. The third kappa shape index (κ3) is 4.76. The molecule has 1 aliphatic rings. The van der Waals surface area contributed by atoms with Crippen molar-refractivity contribution in [3.8, 4) is 11.5 Å². The number of carbonyl (C=O) groups is 1. The van der Waals surface area contributed by atoms with E-state index in [-0.39, 0.29) is 16.7 Å². The number of nitrogens with zero attached hydrogens (tertiary/aromatic N) is 1. The summed E-state index contributed by atoms with van der Waals surface area (Å²) in [6.45, 7) is 8.46. The highest BCUT2D eigenvalue weighted by Gasteiger charge is 2.27. The van der Waals surface area contributed by atoms with Crippen LogP contribution in [0.15, 0.2) is 35.2 Å². The van der Waals surface area contributed by atoms with Gasteiger partial charge in [-0.05, 0) is 73.2 Å². The number of benzene rings is 2. The van der Waals surface area contributed by atoms with Crippen molar-refractivity contribution in [2.45, 2.75) is 57.4 Å². The van der Waals surface area contributed by atoms with Gasteiger partial charge >= 0.3 is 0 Å². The highest BCUT2D eigenvalue weighted by atomic mass is 32.2. The summed E-state index contributed by atoms with van der Waals surface area (Å²) in [4.78, 5) is 13.9. The molecule has 0 saturated carbocycles. The Labute approximate surface area is 190 Å². The maximum absolute atomic E-state index is 13.2. The average molecular weight is 461 g/mol. The molecule has 1 heterocycles. The maximum atomic E-state index is 13.2. The van der Waals surface area contributed by atoms with Gasteiger partial charge < -0.3 is 14.4 Å². The van der Waals surface area contributed by atoms with Crippen molar-refractivity contribution in [3.63, 3.8) is 0 Å². The molecule has 1 atom stereocenters. The van der Waals surface area contributed by atoms with Gasteiger partial charge in [-0.25, -0.2) is 13.1 Å². The second-order valence-electron chi connectivity index (χ2n) is 8.43. The molecule has 1 amide bonds. The number of aryl methyl sites for hydroxylation is 1. The predicted octanol–water partition coefficient (Wildman–Crippen LogP) is 4.30. The Morgan fingerprint density at radius 2 is 1.69 bits per heavy atom. The monoisotopic (exact) mass is 460 g/mol. The summed E-state index contributed by atoms with van der Waals surface area (Å²) in [5.41, 5.74) is 3.34. The van der Waals surface area contributed by atoms with Crippen molar-refractivity contribution in [1.29, 1.82) is 0 Å². The molecule has 0 radical (unpaired) electrons. The fraction of sp³-hybridized carbons (Fsp3) is 0.458. The van der Waals surface area contributed by atoms with E-state index in [1.54, 1.807) is 18.1 Å². The molecule has 1 unspecified atom stereocenters. The van der Waals surface area contributed by atoms with Gasteiger partial charge in [-0.15, -0.1) is 0 Å². The lowest BCUT2D eigenvalue weighted by molar-refractivity contribution is -0.117. The van der Waals surface area contributed by atoms with E-state index in [1.165, 1.54) is 19.2 Å². The van der Waals surface area contributed by atoms with E-state index in [4.69, 9.17) is 9.47 Å². The molecule has 1 N–H and O–H groups in total. The molecule has 3 rings (SSSR count). The van der Waals surface area contributed by atoms with Crippen LogP contribution in [0.3, 0.4) is 0 Å². The Morgan fingerprint density at radius 3 is 2.25 bits per heavy atom. The molecule has 32 heavy (non-hydrogen) atoms. The van der Waals surface area contributed by atoms with E-state index in [1.807, 2.05) is 26.0 Å². The van der Waals surface area contributed by atoms with E-state index >= 15 is 0 Å². The maximum Gasteiger partial charge on any atom is 0.241 e. The van der Waals surface area contributed by atoms with Crippen LogP contribution in [0.5, 0.6) is 11.5 Å². The molecule has 2 aromatic rings. The van der Waals surface area contributed by atoms with Crippen molar-refractivity contribution in [3.05, 3.63) is 47.0 Å². The van der Waals surface area contributed by atoms with Gasteiger partial charge in [0.05, 0.1) is 24.8 Å². The fourth-order valence-electron chi connectivity index (χ4n) is 4.13. The number of hydrogen-bond acceptors (Lipinski definition) is 5. The second-order valence-corrected chi connectivity index (χ2v) is 10.1. The molecular weight excluding hydrogens is 428 g/mol. The fourth-order valence-corrected chi connectivity index (χ4v) is 5.37. The Hall–Kier alpha value is -2.58. The van der Waals surface area contributed by atoms with Gasteiger partial charge in [0.1, 0.15) is 11.5 Å². The zero-order valence-corrected chi connectivity index (χ0v) is 20.4. The number of anilines is 1. The smallest absolute Gasteiger partial charge is 0.241 e. The molecule has 1 saturated heterocycles. The number of ether oxygens (including phenoxy) is 2. The summed E-state index contributed by atoms with van der Waals surface area (Å²) in [5.74, 6) is 1.47. The van der Waals surface area contributed by atoms with Gasteiger partial charge in [-0.3, -0.25) is 4.79 Å². The number of rotatable bonds is 8. The Morgan fingerprint density at radius 1 is 1.00 bits per heavy atom. The molecule has 8 heteroatoms.